The molecule has 5 atom stereocenters. The fourth-order valence-electron chi connectivity index (χ4n) is 2.18. The molecule has 10 heteroatoms. The average Bonchev–Trinajstić information content (AvgIpc) is 2.60. The maximum absolute atomic E-state index is 10.7. The van der Waals surface area contributed by atoms with Crippen molar-refractivity contribution >= 4 is 24.3 Å². The van der Waals surface area contributed by atoms with E-state index in [0.29, 0.717) is 5.32 Å². The number of hydrogen-bond donors (Lipinski definition) is 5. The zero-order chi connectivity index (χ0) is 15.5. The predicted octanol–water partition coefficient (Wildman–Crippen LogP) is -1.46. The van der Waals surface area contributed by atoms with Gasteiger partial charge < -0.3 is 0 Å². The molecule has 1 heterocycles. The number of hydrogen-bond acceptors (Lipinski definition) is 7. The van der Waals surface area contributed by atoms with Gasteiger partial charge in [-0.3, -0.25) is 0 Å². The van der Waals surface area contributed by atoms with Crippen LogP contribution in [-0.4, -0.2) is 78.3 Å². The SMILES string of the molecule is CC[C@@H](OS(=O)(=O)O)[C@@H](O)C[Se]1C[C@@H](O)[C@H](O)[C@H]1CO. The summed E-state index contributed by atoms with van der Waals surface area (Å²) in [5.74, 6) is 0. The van der Waals surface area contributed by atoms with Gasteiger partial charge in [0.05, 0.1) is 0 Å². The second-order valence-electron chi connectivity index (χ2n) is 4.69. The van der Waals surface area contributed by atoms with Crippen molar-refractivity contribution in [2.75, 3.05) is 6.61 Å². The van der Waals surface area contributed by atoms with Crippen LogP contribution in [0.5, 0.6) is 0 Å². The van der Waals surface area contributed by atoms with Gasteiger partial charge in [-0.15, -0.1) is 0 Å². The molecule has 0 saturated carbocycles. The van der Waals surface area contributed by atoms with Gasteiger partial charge in [0.25, 0.3) is 0 Å². The van der Waals surface area contributed by atoms with Gasteiger partial charge in [-0.05, 0) is 0 Å². The summed E-state index contributed by atoms with van der Waals surface area (Å²) in [5, 5.41) is 39.0. The van der Waals surface area contributed by atoms with E-state index in [1.165, 1.54) is 0 Å². The van der Waals surface area contributed by atoms with E-state index < -0.39 is 53.5 Å². The minimum atomic E-state index is -4.65. The Morgan fingerprint density at radius 2 is 2.00 bits per heavy atom. The summed E-state index contributed by atoms with van der Waals surface area (Å²) >= 11 is -1.71. The van der Waals surface area contributed by atoms with Crippen LogP contribution in [0.4, 0.5) is 0 Å². The molecular formula is C10H21O8SSe. The third-order valence-electron chi connectivity index (χ3n) is 3.23. The summed E-state index contributed by atoms with van der Waals surface area (Å²) in [6, 6.07) is 0. The van der Waals surface area contributed by atoms with Crippen LogP contribution in [-0.2, 0) is 14.6 Å². The van der Waals surface area contributed by atoms with Gasteiger partial charge >= 0.3 is 122 Å². The zero-order valence-electron chi connectivity index (χ0n) is 11.0. The van der Waals surface area contributed by atoms with Crippen molar-refractivity contribution in [3.05, 3.63) is 0 Å². The number of rotatable bonds is 7. The molecule has 20 heavy (non-hydrogen) atoms. The van der Waals surface area contributed by atoms with Gasteiger partial charge in [-0.1, -0.05) is 0 Å². The van der Waals surface area contributed by atoms with Crippen LogP contribution in [0.25, 0.3) is 0 Å². The first-order valence-electron chi connectivity index (χ1n) is 6.16. The number of aliphatic hydroxyl groups excluding tert-OH is 4. The molecule has 1 aliphatic heterocycles. The molecule has 121 valence electrons. The quantitative estimate of drug-likeness (QED) is 0.266. The zero-order valence-corrected chi connectivity index (χ0v) is 13.5. The standard InChI is InChI=1S/C10H21O8SSe/c1-2-8(18-19(15,16)17)6(12)4-20-5-7(13)10(14)9(20)3-11/h6-14H,2-5H2,1H3,(H,15,16,17)/t6-,7+,8+,9+,10-/m0/s1. The van der Waals surface area contributed by atoms with Gasteiger partial charge in [-0.25, -0.2) is 0 Å². The molecular weight excluding hydrogens is 359 g/mol. The third-order valence-corrected chi connectivity index (χ3v) is 9.64. The Balaban J connectivity index is 2.66. The van der Waals surface area contributed by atoms with Crippen LogP contribution in [0.2, 0.25) is 15.5 Å². The second-order valence-corrected chi connectivity index (χ2v) is 10.7. The van der Waals surface area contributed by atoms with E-state index in [4.69, 9.17) is 4.55 Å². The molecule has 1 aliphatic rings. The summed E-state index contributed by atoms with van der Waals surface area (Å²) in [6.45, 7) is 1.31. The third kappa shape index (κ3) is 4.90. The molecule has 0 bridgehead atoms. The van der Waals surface area contributed by atoms with Crippen LogP contribution < -0.4 is 0 Å². The Morgan fingerprint density at radius 3 is 2.45 bits per heavy atom. The first-order chi connectivity index (χ1) is 9.19. The first-order valence-corrected chi connectivity index (χ1v) is 10.9. The molecule has 8 nitrogen and oxygen atoms in total. The molecule has 0 amide bonds. The summed E-state index contributed by atoms with van der Waals surface area (Å²) in [4.78, 5) is -0.456. The maximum atomic E-state index is 10.7. The fourth-order valence-corrected chi connectivity index (χ4v) is 8.43. The minimum absolute atomic E-state index is 0.174. The van der Waals surface area contributed by atoms with Crippen molar-refractivity contribution < 1.29 is 37.6 Å². The Kier molecular flexibility index (Phi) is 6.84. The van der Waals surface area contributed by atoms with E-state index in [-0.39, 0.29) is 18.3 Å². The van der Waals surface area contributed by atoms with Crippen LogP contribution in [0.1, 0.15) is 13.3 Å². The van der Waals surface area contributed by atoms with E-state index >= 15 is 0 Å². The molecule has 1 fully saturated rings. The molecule has 0 spiro atoms. The van der Waals surface area contributed by atoms with Crippen molar-refractivity contribution in [1.29, 1.82) is 0 Å². The Morgan fingerprint density at radius 1 is 1.40 bits per heavy atom. The van der Waals surface area contributed by atoms with Crippen molar-refractivity contribution in [1.82, 2.24) is 0 Å². The molecule has 0 unspecified atom stereocenters. The topological polar surface area (TPSA) is 145 Å². The molecule has 0 aliphatic carbocycles. The van der Waals surface area contributed by atoms with Crippen LogP contribution in [0.15, 0.2) is 0 Å². The van der Waals surface area contributed by atoms with Gasteiger partial charge in [0.15, 0.2) is 0 Å². The Bertz CT molecular complexity index is 402. The number of aliphatic hydroxyl groups is 4. The normalized spacial score (nSPS) is 31.4. The van der Waals surface area contributed by atoms with E-state index in [1.807, 2.05) is 0 Å². The molecule has 5 N–H and O–H groups in total. The Labute approximate surface area is 122 Å². The van der Waals surface area contributed by atoms with Crippen molar-refractivity contribution in [3.63, 3.8) is 0 Å². The second kappa shape index (κ2) is 7.48. The van der Waals surface area contributed by atoms with E-state index in [9.17, 15) is 28.8 Å². The van der Waals surface area contributed by atoms with Crippen LogP contribution >= 0.6 is 0 Å². The van der Waals surface area contributed by atoms with Crippen molar-refractivity contribution in [2.24, 2.45) is 0 Å². The molecule has 1 saturated heterocycles. The van der Waals surface area contributed by atoms with Gasteiger partial charge in [0.2, 0.25) is 0 Å². The van der Waals surface area contributed by atoms with E-state index in [0.717, 1.165) is 0 Å². The molecule has 1 radical (unpaired) electrons. The van der Waals surface area contributed by atoms with E-state index in [1.54, 1.807) is 6.92 Å². The summed E-state index contributed by atoms with van der Waals surface area (Å²) in [7, 11) is -4.65. The molecule has 1 rings (SSSR count). The molecule has 0 aromatic carbocycles. The first kappa shape index (κ1) is 18.3. The monoisotopic (exact) mass is 381 g/mol. The van der Waals surface area contributed by atoms with Crippen molar-refractivity contribution in [3.8, 4) is 0 Å². The molecule has 0 aromatic rings. The average molecular weight is 380 g/mol. The fraction of sp³-hybridized carbons (Fsp3) is 1.00. The summed E-state index contributed by atoms with van der Waals surface area (Å²) in [5.41, 5.74) is 0. The summed E-state index contributed by atoms with van der Waals surface area (Å²) < 4.78 is 34.4. The van der Waals surface area contributed by atoms with Gasteiger partial charge in [0.1, 0.15) is 0 Å². The van der Waals surface area contributed by atoms with Crippen LogP contribution in [0, 0.1) is 0 Å². The Hall–Kier alpha value is 0.229. The summed E-state index contributed by atoms with van der Waals surface area (Å²) in [6.07, 6.45) is -3.98. The van der Waals surface area contributed by atoms with Gasteiger partial charge in [0, 0.05) is 0 Å². The van der Waals surface area contributed by atoms with Gasteiger partial charge in [-0.2, -0.15) is 0 Å². The predicted molar refractivity (Wildman–Crippen MR) is 70.9 cm³/mol. The molecule has 0 aromatic heterocycles. The van der Waals surface area contributed by atoms with E-state index in [2.05, 4.69) is 4.18 Å². The van der Waals surface area contributed by atoms with Crippen molar-refractivity contribution in [2.45, 2.75) is 53.2 Å². The van der Waals surface area contributed by atoms with Crippen LogP contribution in [0.3, 0.4) is 0 Å².